The molecule has 0 radical (unpaired) electrons. The summed E-state index contributed by atoms with van der Waals surface area (Å²) in [5.41, 5.74) is 4.45. The van der Waals surface area contributed by atoms with Crippen molar-refractivity contribution in [1.82, 2.24) is 0 Å². The highest BCUT2D eigenvalue weighted by atomic mass is 16.6. The van der Waals surface area contributed by atoms with Gasteiger partial charge in [0.05, 0.1) is 0 Å². The Hall–Kier alpha value is -3.73. The molecule has 3 aromatic rings. The first kappa shape index (κ1) is 22.1. The molecular weight excluding hydrogens is 426 g/mol. The number of pyridine rings is 1. The van der Waals surface area contributed by atoms with Crippen LogP contribution >= 0.6 is 0 Å². The number of hydrogen-bond donors (Lipinski definition) is 0. The normalized spacial score (nSPS) is 14.8. The molecule has 3 heterocycles. The van der Waals surface area contributed by atoms with E-state index in [1.165, 1.54) is 0 Å². The molecule has 0 unspecified atom stereocenters. The number of rotatable bonds is 6. The Bertz CT molecular complexity index is 1140. The number of aromatic nitrogens is 1. The van der Waals surface area contributed by atoms with E-state index in [2.05, 4.69) is 73.1 Å². The van der Waals surface area contributed by atoms with Crippen LogP contribution in [0.2, 0.25) is 0 Å². The predicted molar refractivity (Wildman–Crippen MR) is 134 cm³/mol. The first-order valence-corrected chi connectivity index (χ1v) is 11.8. The van der Waals surface area contributed by atoms with Crippen molar-refractivity contribution in [3.05, 3.63) is 77.1 Å². The summed E-state index contributed by atoms with van der Waals surface area (Å²) in [5, 5.41) is 0. The zero-order chi connectivity index (χ0) is 23.3. The molecule has 5 heteroatoms. The molecule has 5 nitrogen and oxygen atoms in total. The van der Waals surface area contributed by atoms with Gasteiger partial charge in [-0.3, -0.25) is 0 Å². The zero-order valence-corrected chi connectivity index (χ0v) is 19.7. The molecule has 0 saturated heterocycles. The first-order valence-electron chi connectivity index (χ1n) is 11.8. The molecule has 0 saturated carbocycles. The van der Waals surface area contributed by atoms with Crippen molar-refractivity contribution < 1.29 is 23.5 Å². The van der Waals surface area contributed by atoms with Crippen molar-refractivity contribution in [3.8, 4) is 23.0 Å². The van der Waals surface area contributed by atoms with Crippen molar-refractivity contribution in [2.24, 2.45) is 5.92 Å². The molecule has 0 N–H and O–H groups in total. The Morgan fingerprint density at radius 1 is 0.647 bits per heavy atom. The highest BCUT2D eigenvalue weighted by molar-refractivity contribution is 5.71. The van der Waals surface area contributed by atoms with E-state index in [0.717, 1.165) is 52.1 Å². The molecule has 2 aliphatic heterocycles. The van der Waals surface area contributed by atoms with Crippen LogP contribution in [0.5, 0.6) is 23.0 Å². The lowest BCUT2D eigenvalue weighted by Crippen LogP contribution is -2.42. The molecule has 1 aromatic heterocycles. The van der Waals surface area contributed by atoms with Crippen LogP contribution in [0.1, 0.15) is 36.4 Å². The molecule has 0 amide bonds. The van der Waals surface area contributed by atoms with Crippen LogP contribution in [0.4, 0.5) is 0 Å². The Morgan fingerprint density at radius 2 is 1.12 bits per heavy atom. The van der Waals surface area contributed by atoms with E-state index in [4.69, 9.17) is 18.9 Å². The van der Waals surface area contributed by atoms with E-state index >= 15 is 0 Å². The van der Waals surface area contributed by atoms with Crippen LogP contribution in [0.3, 0.4) is 0 Å². The molecule has 2 aromatic carbocycles. The molecule has 0 atom stereocenters. The lowest BCUT2D eigenvalue weighted by atomic mass is 10.1. The highest BCUT2D eigenvalue weighted by Gasteiger charge is 2.16. The maximum atomic E-state index is 5.73. The molecule has 174 valence electrons. The number of hydrogen-bond acceptors (Lipinski definition) is 4. The largest absolute Gasteiger partial charge is 0.486 e. The zero-order valence-electron chi connectivity index (χ0n) is 19.7. The molecular formula is C29H30NO4+. The lowest BCUT2D eigenvalue weighted by Gasteiger charge is -2.18. The van der Waals surface area contributed by atoms with Crippen molar-refractivity contribution in [2.75, 3.05) is 26.4 Å². The lowest BCUT2D eigenvalue weighted by molar-refractivity contribution is -0.705. The molecule has 2 aliphatic rings. The van der Waals surface area contributed by atoms with Gasteiger partial charge in [0, 0.05) is 30.2 Å². The second-order valence-electron chi connectivity index (χ2n) is 8.85. The molecule has 0 spiro atoms. The summed E-state index contributed by atoms with van der Waals surface area (Å²) in [4.78, 5) is 0. The second kappa shape index (κ2) is 10.0. The summed E-state index contributed by atoms with van der Waals surface area (Å²) >= 11 is 0. The maximum Gasteiger partial charge on any atom is 0.205 e. The minimum Gasteiger partial charge on any atom is -0.486 e. The number of fused-ring (bicyclic) bond motifs is 2. The molecule has 0 bridgehead atoms. The summed E-state index contributed by atoms with van der Waals surface area (Å²) < 4.78 is 25.1. The van der Waals surface area contributed by atoms with Crippen molar-refractivity contribution in [3.63, 3.8) is 0 Å². The average Bonchev–Trinajstić information content (AvgIpc) is 2.86. The van der Waals surface area contributed by atoms with Crippen LogP contribution in [0.25, 0.3) is 24.3 Å². The van der Waals surface area contributed by atoms with Crippen LogP contribution in [0, 0.1) is 5.92 Å². The molecule has 5 rings (SSSR count). The van der Waals surface area contributed by atoms with Gasteiger partial charge in [-0.25, -0.2) is 0 Å². The standard InChI is InChI=1S/C29H30NO4/c1-21(2)20-30-24(10-6-22-8-12-26-28(18-22)33-16-14-31-26)4-3-5-25(30)11-7-23-9-13-27-29(19-23)34-17-15-32-27/h3-13,18-19,21H,14-17,20H2,1-2H3/q+1/b10-6+,11-7+. The van der Waals surface area contributed by atoms with Gasteiger partial charge < -0.3 is 18.9 Å². The van der Waals surface area contributed by atoms with E-state index in [-0.39, 0.29) is 0 Å². The number of benzene rings is 2. The van der Waals surface area contributed by atoms with Gasteiger partial charge in [0.1, 0.15) is 26.4 Å². The molecule has 0 aliphatic carbocycles. The summed E-state index contributed by atoms with van der Waals surface area (Å²) in [6.07, 6.45) is 8.57. The van der Waals surface area contributed by atoms with E-state index in [1.54, 1.807) is 0 Å². The Morgan fingerprint density at radius 3 is 1.59 bits per heavy atom. The highest BCUT2D eigenvalue weighted by Crippen LogP contribution is 2.32. The first-order chi connectivity index (χ1) is 16.7. The average molecular weight is 457 g/mol. The third-order valence-electron chi connectivity index (χ3n) is 5.73. The topological polar surface area (TPSA) is 40.8 Å². The SMILES string of the molecule is CC(C)C[n+]1c(/C=C/c2ccc3c(c2)OCCO3)cccc1/C=C/c1ccc2c(c1)OCCO2. The van der Waals surface area contributed by atoms with E-state index in [1.807, 2.05) is 24.3 Å². The van der Waals surface area contributed by atoms with Crippen LogP contribution < -0.4 is 23.5 Å². The van der Waals surface area contributed by atoms with Crippen molar-refractivity contribution >= 4 is 24.3 Å². The van der Waals surface area contributed by atoms with Gasteiger partial charge in [-0.15, -0.1) is 0 Å². The minimum absolute atomic E-state index is 0.510. The third-order valence-corrected chi connectivity index (χ3v) is 5.73. The van der Waals surface area contributed by atoms with Crippen molar-refractivity contribution in [1.29, 1.82) is 0 Å². The summed E-state index contributed by atoms with van der Waals surface area (Å²) in [6.45, 7) is 7.78. The second-order valence-corrected chi connectivity index (χ2v) is 8.85. The van der Waals surface area contributed by atoms with Gasteiger partial charge >= 0.3 is 0 Å². The monoisotopic (exact) mass is 456 g/mol. The van der Waals surface area contributed by atoms with E-state index in [9.17, 15) is 0 Å². The fourth-order valence-corrected chi connectivity index (χ4v) is 4.13. The Kier molecular flexibility index (Phi) is 6.52. The summed E-state index contributed by atoms with van der Waals surface area (Å²) in [5.74, 6) is 3.74. The van der Waals surface area contributed by atoms with Gasteiger partial charge in [-0.2, -0.15) is 4.57 Å². The number of ether oxygens (including phenoxy) is 4. The Balaban J connectivity index is 1.42. The fourth-order valence-electron chi connectivity index (χ4n) is 4.13. The number of nitrogens with zero attached hydrogens (tertiary/aromatic N) is 1. The van der Waals surface area contributed by atoms with Gasteiger partial charge in [-0.1, -0.05) is 26.0 Å². The van der Waals surface area contributed by atoms with Crippen LogP contribution in [0.15, 0.2) is 54.6 Å². The minimum atomic E-state index is 0.510. The molecule has 34 heavy (non-hydrogen) atoms. The van der Waals surface area contributed by atoms with Crippen molar-refractivity contribution in [2.45, 2.75) is 20.4 Å². The third kappa shape index (κ3) is 5.09. The quantitative estimate of drug-likeness (QED) is 0.459. The van der Waals surface area contributed by atoms with Gasteiger partial charge in [0.15, 0.2) is 29.5 Å². The predicted octanol–water partition coefficient (Wildman–Crippen LogP) is 5.51. The Labute approximate surface area is 200 Å². The summed E-state index contributed by atoms with van der Waals surface area (Å²) in [6, 6.07) is 18.5. The van der Waals surface area contributed by atoms with Crippen LogP contribution in [-0.2, 0) is 6.54 Å². The maximum absolute atomic E-state index is 5.73. The van der Waals surface area contributed by atoms with Crippen LogP contribution in [-0.4, -0.2) is 26.4 Å². The fraction of sp³-hybridized carbons (Fsp3) is 0.276. The summed E-state index contributed by atoms with van der Waals surface area (Å²) in [7, 11) is 0. The molecule has 0 fully saturated rings. The smallest absolute Gasteiger partial charge is 0.205 e. The van der Waals surface area contributed by atoms with Gasteiger partial charge in [0.25, 0.3) is 0 Å². The van der Waals surface area contributed by atoms with Gasteiger partial charge in [0.2, 0.25) is 11.4 Å². The van der Waals surface area contributed by atoms with E-state index in [0.29, 0.717) is 32.3 Å². The van der Waals surface area contributed by atoms with E-state index < -0.39 is 0 Å². The van der Waals surface area contributed by atoms with Gasteiger partial charge in [-0.05, 0) is 53.6 Å².